The van der Waals surface area contributed by atoms with Gasteiger partial charge in [-0.25, -0.2) is 4.79 Å². The predicted octanol–water partition coefficient (Wildman–Crippen LogP) is -0.267. The van der Waals surface area contributed by atoms with Crippen molar-refractivity contribution >= 4 is 17.8 Å². The number of aromatic carboxylic acids is 1. The number of amides is 2. The van der Waals surface area contributed by atoms with Gasteiger partial charge in [-0.1, -0.05) is 6.07 Å². The van der Waals surface area contributed by atoms with E-state index < -0.39 is 5.97 Å². The van der Waals surface area contributed by atoms with Gasteiger partial charge in [0, 0.05) is 12.6 Å². The fourth-order valence-electron chi connectivity index (χ4n) is 2.55. The summed E-state index contributed by atoms with van der Waals surface area (Å²) in [5.41, 5.74) is 7.26. The quantitative estimate of drug-likeness (QED) is 0.709. The third kappa shape index (κ3) is 3.43. The van der Waals surface area contributed by atoms with Crippen LogP contribution in [-0.4, -0.2) is 46.9 Å². The number of carbonyl (C=O) groups is 3. The first-order chi connectivity index (χ1) is 10.4. The molecule has 1 aliphatic rings. The summed E-state index contributed by atoms with van der Waals surface area (Å²) < 4.78 is 0. The van der Waals surface area contributed by atoms with Gasteiger partial charge in [-0.2, -0.15) is 0 Å². The minimum atomic E-state index is -0.991. The Kier molecular flexibility index (Phi) is 4.77. The monoisotopic (exact) mass is 305 g/mol. The van der Waals surface area contributed by atoms with Crippen molar-refractivity contribution in [3.63, 3.8) is 0 Å². The molecule has 1 aromatic rings. The smallest absolute Gasteiger partial charge is 0.335 e. The van der Waals surface area contributed by atoms with Crippen LogP contribution in [0.25, 0.3) is 0 Å². The molecule has 0 bridgehead atoms. The molecule has 0 fully saturated rings. The number of nitrogens with zero attached hydrogens (tertiary/aromatic N) is 1. The van der Waals surface area contributed by atoms with E-state index in [2.05, 4.69) is 5.32 Å². The maximum Gasteiger partial charge on any atom is 0.335 e. The fraction of sp³-hybridized carbons (Fsp3) is 0.400. The maximum absolute atomic E-state index is 12.2. The van der Waals surface area contributed by atoms with Crippen LogP contribution in [-0.2, 0) is 22.6 Å². The Balaban J connectivity index is 2.12. The van der Waals surface area contributed by atoms with Crippen molar-refractivity contribution in [1.29, 1.82) is 0 Å². The number of hydrogen-bond acceptors (Lipinski definition) is 4. The Morgan fingerprint density at radius 3 is 2.73 bits per heavy atom. The third-order valence-corrected chi connectivity index (χ3v) is 3.78. The Morgan fingerprint density at radius 1 is 1.36 bits per heavy atom. The largest absolute Gasteiger partial charge is 0.478 e. The molecule has 0 aromatic heterocycles. The topological polar surface area (TPSA) is 113 Å². The van der Waals surface area contributed by atoms with E-state index in [0.717, 1.165) is 11.1 Å². The van der Waals surface area contributed by atoms with Crippen LogP contribution in [0, 0.1) is 0 Å². The van der Waals surface area contributed by atoms with Crippen molar-refractivity contribution < 1.29 is 19.5 Å². The molecule has 0 radical (unpaired) electrons. The van der Waals surface area contributed by atoms with Gasteiger partial charge in [-0.3, -0.25) is 9.59 Å². The van der Waals surface area contributed by atoms with Crippen LogP contribution in [0.1, 0.15) is 28.4 Å². The van der Waals surface area contributed by atoms with E-state index in [1.54, 1.807) is 23.1 Å². The molecule has 4 N–H and O–H groups in total. The van der Waals surface area contributed by atoms with Crippen LogP contribution < -0.4 is 11.1 Å². The van der Waals surface area contributed by atoms with E-state index in [9.17, 15) is 14.4 Å². The minimum absolute atomic E-state index is 0.00884. The van der Waals surface area contributed by atoms with Crippen LogP contribution in [0.3, 0.4) is 0 Å². The Bertz CT molecular complexity index is 615. The molecule has 0 aliphatic carbocycles. The van der Waals surface area contributed by atoms with Crippen molar-refractivity contribution in [2.75, 3.05) is 13.1 Å². The minimum Gasteiger partial charge on any atom is -0.478 e. The average Bonchev–Trinajstić information content (AvgIpc) is 2.50. The van der Waals surface area contributed by atoms with Gasteiger partial charge in [-0.05, 0) is 36.6 Å². The summed E-state index contributed by atoms with van der Waals surface area (Å²) >= 11 is 0. The van der Waals surface area contributed by atoms with Crippen LogP contribution in [0.2, 0.25) is 0 Å². The van der Waals surface area contributed by atoms with Crippen molar-refractivity contribution in [1.82, 2.24) is 10.2 Å². The first-order valence-corrected chi connectivity index (χ1v) is 7.03. The van der Waals surface area contributed by atoms with Crippen molar-refractivity contribution in [2.45, 2.75) is 25.9 Å². The van der Waals surface area contributed by atoms with E-state index in [-0.39, 0.29) is 36.5 Å². The Morgan fingerprint density at radius 2 is 2.09 bits per heavy atom. The van der Waals surface area contributed by atoms with Gasteiger partial charge in [0.15, 0.2) is 0 Å². The van der Waals surface area contributed by atoms with Gasteiger partial charge in [-0.15, -0.1) is 0 Å². The maximum atomic E-state index is 12.2. The van der Waals surface area contributed by atoms with Gasteiger partial charge < -0.3 is 21.1 Å². The molecule has 7 heteroatoms. The fourth-order valence-corrected chi connectivity index (χ4v) is 2.55. The number of nitrogens with two attached hydrogens (primary N) is 1. The Labute approximate surface area is 128 Å². The number of nitrogens with one attached hydrogen (secondary N) is 1. The lowest BCUT2D eigenvalue weighted by molar-refractivity contribution is -0.135. The van der Waals surface area contributed by atoms with Gasteiger partial charge in [0.25, 0.3) is 0 Å². The lowest BCUT2D eigenvalue weighted by Gasteiger charge is -2.35. The summed E-state index contributed by atoms with van der Waals surface area (Å²) in [6.45, 7) is 2.01. The highest BCUT2D eigenvalue weighted by atomic mass is 16.4. The standard InChI is InChI=1S/C15H19N3O4/c1-9-4-10-2-3-11(15(21)22)5-12(10)8-18(9)14(20)7-17-13(19)6-16/h2-3,5,9H,4,6-8,16H2,1H3,(H,17,19)(H,21,22). The normalized spacial score (nSPS) is 16.8. The zero-order valence-electron chi connectivity index (χ0n) is 12.3. The molecular formula is C15H19N3O4. The summed E-state index contributed by atoms with van der Waals surface area (Å²) in [7, 11) is 0. The molecule has 118 valence electrons. The molecule has 1 unspecified atom stereocenters. The highest BCUT2D eigenvalue weighted by molar-refractivity contribution is 5.88. The zero-order chi connectivity index (χ0) is 16.3. The molecule has 0 spiro atoms. The van der Waals surface area contributed by atoms with E-state index in [1.807, 2.05) is 6.92 Å². The number of hydrogen-bond donors (Lipinski definition) is 3. The zero-order valence-corrected chi connectivity index (χ0v) is 12.3. The molecule has 1 atom stereocenters. The molecule has 0 saturated carbocycles. The third-order valence-electron chi connectivity index (χ3n) is 3.78. The molecule has 2 amide bonds. The van der Waals surface area contributed by atoms with Crippen molar-refractivity contribution in [2.24, 2.45) is 5.73 Å². The van der Waals surface area contributed by atoms with E-state index in [1.165, 1.54) is 0 Å². The molecule has 1 aromatic carbocycles. The molecule has 1 aliphatic heterocycles. The SMILES string of the molecule is CC1Cc2ccc(C(=O)O)cc2CN1C(=O)CNC(=O)CN. The first-order valence-electron chi connectivity index (χ1n) is 7.03. The van der Waals surface area contributed by atoms with Crippen LogP contribution in [0.5, 0.6) is 0 Å². The molecule has 1 heterocycles. The molecule has 0 saturated heterocycles. The average molecular weight is 305 g/mol. The number of rotatable bonds is 4. The summed E-state index contributed by atoms with van der Waals surface area (Å²) in [5.74, 6) is -1.58. The van der Waals surface area contributed by atoms with Crippen molar-refractivity contribution in [3.05, 3.63) is 34.9 Å². The van der Waals surface area contributed by atoms with Crippen LogP contribution >= 0.6 is 0 Å². The number of carboxylic acids is 1. The van der Waals surface area contributed by atoms with Gasteiger partial charge in [0.1, 0.15) is 0 Å². The summed E-state index contributed by atoms with van der Waals surface area (Å²) in [5, 5.41) is 11.5. The first kappa shape index (κ1) is 16.0. The summed E-state index contributed by atoms with van der Waals surface area (Å²) in [6, 6.07) is 4.97. The lowest BCUT2D eigenvalue weighted by Crippen LogP contribution is -2.47. The second kappa shape index (κ2) is 6.57. The highest BCUT2D eigenvalue weighted by Crippen LogP contribution is 2.24. The van der Waals surface area contributed by atoms with Gasteiger partial charge in [0.05, 0.1) is 18.7 Å². The predicted molar refractivity (Wildman–Crippen MR) is 79.2 cm³/mol. The molecule has 2 rings (SSSR count). The highest BCUT2D eigenvalue weighted by Gasteiger charge is 2.27. The Hall–Kier alpha value is -2.41. The number of fused-ring (bicyclic) bond motifs is 1. The van der Waals surface area contributed by atoms with Crippen LogP contribution in [0.4, 0.5) is 0 Å². The number of benzene rings is 1. The molecular weight excluding hydrogens is 286 g/mol. The lowest BCUT2D eigenvalue weighted by atomic mass is 9.93. The van der Waals surface area contributed by atoms with E-state index in [0.29, 0.717) is 13.0 Å². The van der Waals surface area contributed by atoms with E-state index in [4.69, 9.17) is 10.8 Å². The van der Waals surface area contributed by atoms with Gasteiger partial charge >= 0.3 is 5.97 Å². The molecule has 7 nitrogen and oxygen atoms in total. The van der Waals surface area contributed by atoms with Crippen molar-refractivity contribution in [3.8, 4) is 0 Å². The van der Waals surface area contributed by atoms with E-state index >= 15 is 0 Å². The second-order valence-electron chi connectivity index (χ2n) is 5.34. The second-order valence-corrected chi connectivity index (χ2v) is 5.34. The summed E-state index contributed by atoms with van der Waals surface area (Å²) in [4.78, 5) is 36.0. The number of carbonyl (C=O) groups excluding carboxylic acids is 2. The number of carboxylic acid groups (broad SMARTS) is 1. The van der Waals surface area contributed by atoms with Crippen LogP contribution in [0.15, 0.2) is 18.2 Å². The summed E-state index contributed by atoms with van der Waals surface area (Å²) in [6.07, 6.45) is 0.659. The van der Waals surface area contributed by atoms with Gasteiger partial charge in [0.2, 0.25) is 11.8 Å². The molecule has 22 heavy (non-hydrogen) atoms.